The Kier molecular flexibility index (Phi) is 10.7. The molecule has 1 unspecified atom stereocenters. The fourth-order valence-corrected chi connectivity index (χ4v) is 6.35. The number of alkyl halides is 1. The van der Waals surface area contributed by atoms with Gasteiger partial charge in [-0.2, -0.15) is 4.98 Å². The van der Waals surface area contributed by atoms with Gasteiger partial charge in [0.05, 0.1) is 37.1 Å². The molecule has 0 radical (unpaired) electrons. The van der Waals surface area contributed by atoms with Crippen LogP contribution in [0.15, 0.2) is 17.1 Å². The first kappa shape index (κ1) is 31.2. The minimum atomic E-state index is -4.33. The largest absolute Gasteiger partial charge is 0.469 e. The summed E-state index contributed by atoms with van der Waals surface area (Å²) < 4.78 is 50.3. The van der Waals surface area contributed by atoms with E-state index in [4.69, 9.17) is 24.3 Å². The maximum atomic E-state index is 14.9. The van der Waals surface area contributed by atoms with Crippen LogP contribution in [0.5, 0.6) is 0 Å². The number of anilines is 1. The van der Waals surface area contributed by atoms with Gasteiger partial charge in [-0.1, -0.05) is 0 Å². The molecule has 1 aromatic heterocycles. The van der Waals surface area contributed by atoms with Crippen molar-refractivity contribution in [3.05, 3.63) is 22.7 Å². The summed E-state index contributed by atoms with van der Waals surface area (Å²) in [7, 11) is -3.14. The van der Waals surface area contributed by atoms with Gasteiger partial charge in [0.25, 0.3) is 0 Å². The van der Waals surface area contributed by atoms with E-state index in [0.717, 1.165) is 16.3 Å². The van der Waals surface area contributed by atoms with Crippen molar-refractivity contribution in [2.24, 2.45) is 5.41 Å². The lowest BCUT2D eigenvalue weighted by Crippen LogP contribution is -2.38. The summed E-state index contributed by atoms with van der Waals surface area (Å²) in [4.78, 5) is 40.0. The molecule has 13 nitrogen and oxygen atoms in total. The second-order valence-electron chi connectivity index (χ2n) is 9.32. The number of hydrogen-bond donors (Lipinski definition) is 3. The van der Waals surface area contributed by atoms with Crippen molar-refractivity contribution in [2.45, 2.75) is 69.7 Å². The molecule has 0 aromatic carbocycles. The average molecular weight is 569 g/mol. The van der Waals surface area contributed by atoms with Crippen LogP contribution in [0.1, 0.15) is 40.0 Å². The Morgan fingerprint density at radius 3 is 2.57 bits per heavy atom. The SMILES string of the molecule is COC(=O)C(C)(C)COP(=O)(N[C@@H](C)C(=O)OC(C)C)OC[C@H]1S[C@@H](n2ccc(N)nc2=O)[C@@H](F)[C@@H]1O. The fraction of sp³-hybridized carbons (Fsp3) is 0.714. The number of thioether (sulfide) groups is 1. The van der Waals surface area contributed by atoms with E-state index in [1.165, 1.54) is 40.1 Å². The summed E-state index contributed by atoms with van der Waals surface area (Å²) in [5.41, 5.74) is 3.45. The van der Waals surface area contributed by atoms with Crippen molar-refractivity contribution in [3.63, 3.8) is 0 Å². The molecule has 1 saturated heterocycles. The molecule has 0 bridgehead atoms. The topological polar surface area (TPSA) is 181 Å². The number of aliphatic hydroxyl groups excluding tert-OH is 1. The van der Waals surface area contributed by atoms with E-state index >= 15 is 0 Å². The van der Waals surface area contributed by atoms with E-state index in [2.05, 4.69) is 10.1 Å². The molecular weight excluding hydrogens is 534 g/mol. The summed E-state index contributed by atoms with van der Waals surface area (Å²) >= 11 is 0.868. The zero-order chi connectivity index (χ0) is 28.1. The molecule has 210 valence electrons. The quantitative estimate of drug-likeness (QED) is 0.243. The highest BCUT2D eigenvalue weighted by Gasteiger charge is 2.47. The third-order valence-corrected chi connectivity index (χ3v) is 8.41. The number of esters is 2. The lowest BCUT2D eigenvalue weighted by Gasteiger charge is -2.28. The smallest absolute Gasteiger partial charge is 0.406 e. The molecule has 6 atom stereocenters. The van der Waals surface area contributed by atoms with E-state index in [0.29, 0.717) is 0 Å². The molecule has 0 saturated carbocycles. The fourth-order valence-electron chi connectivity index (χ4n) is 3.17. The number of carbonyl (C=O) groups is 2. The first-order chi connectivity index (χ1) is 17.1. The van der Waals surface area contributed by atoms with Gasteiger partial charge >= 0.3 is 25.4 Å². The first-order valence-electron chi connectivity index (χ1n) is 11.4. The van der Waals surface area contributed by atoms with Crippen LogP contribution in [0, 0.1) is 5.41 Å². The standard InChI is InChI=1S/C21H34FN4O9PS/c1-11(2)35-18(28)12(3)25-36(31,34-10-21(4,5)19(29)32-6)33-9-13-16(27)15(22)17(37-13)26-8-7-14(23)24-20(26)30/h7-8,11-13,15-17,27H,9-10H2,1-6H3,(H,25,31)(H2,23,24,30)/t12-,13+,15-,16+,17+,36?/m0/s1. The van der Waals surface area contributed by atoms with Crippen molar-refractivity contribution in [1.29, 1.82) is 0 Å². The van der Waals surface area contributed by atoms with Gasteiger partial charge < -0.3 is 20.3 Å². The Morgan fingerprint density at radius 2 is 2.00 bits per heavy atom. The van der Waals surface area contributed by atoms with Crippen LogP contribution < -0.4 is 16.5 Å². The highest BCUT2D eigenvalue weighted by atomic mass is 32.2. The van der Waals surface area contributed by atoms with Crippen LogP contribution in [0.4, 0.5) is 10.2 Å². The number of nitrogens with one attached hydrogen (secondary N) is 1. The van der Waals surface area contributed by atoms with Crippen LogP contribution in [-0.4, -0.2) is 76.6 Å². The summed E-state index contributed by atoms with van der Waals surface area (Å²) in [6, 6.07) is 0.175. The highest BCUT2D eigenvalue weighted by Crippen LogP contribution is 2.49. The number of aliphatic hydroxyl groups is 1. The number of ether oxygens (including phenoxy) is 2. The normalized spacial score (nSPS) is 24.5. The Hall–Kier alpha value is -2.03. The lowest BCUT2D eigenvalue weighted by atomic mass is 9.95. The predicted molar refractivity (Wildman–Crippen MR) is 133 cm³/mol. The third-order valence-electron chi connectivity index (χ3n) is 5.22. The Morgan fingerprint density at radius 1 is 1.35 bits per heavy atom. The number of nitrogen functional groups attached to an aromatic ring is 1. The third kappa shape index (κ3) is 8.23. The zero-order valence-corrected chi connectivity index (χ0v) is 23.2. The van der Waals surface area contributed by atoms with E-state index in [1.807, 2.05) is 0 Å². The molecule has 0 spiro atoms. The number of hydrogen-bond acceptors (Lipinski definition) is 12. The molecule has 1 fully saturated rings. The highest BCUT2D eigenvalue weighted by molar-refractivity contribution is 8.00. The summed E-state index contributed by atoms with van der Waals surface area (Å²) in [6.07, 6.45) is -2.65. The van der Waals surface area contributed by atoms with Gasteiger partial charge in [0.2, 0.25) is 0 Å². The minimum Gasteiger partial charge on any atom is -0.469 e. The average Bonchev–Trinajstić information content (AvgIpc) is 3.09. The zero-order valence-electron chi connectivity index (χ0n) is 21.5. The van der Waals surface area contributed by atoms with Gasteiger partial charge in [0, 0.05) is 6.20 Å². The first-order valence-corrected chi connectivity index (χ1v) is 13.9. The molecule has 1 aliphatic heterocycles. The second-order valence-corrected chi connectivity index (χ2v) is 12.5. The molecule has 4 N–H and O–H groups in total. The van der Waals surface area contributed by atoms with E-state index < -0.39 is 79.0 Å². The monoisotopic (exact) mass is 568 g/mol. The van der Waals surface area contributed by atoms with E-state index in [-0.39, 0.29) is 5.82 Å². The molecule has 2 rings (SSSR count). The molecule has 37 heavy (non-hydrogen) atoms. The predicted octanol–water partition coefficient (Wildman–Crippen LogP) is 1.41. The number of aromatic nitrogens is 2. The summed E-state index contributed by atoms with van der Waals surface area (Å²) in [6.45, 7) is 6.73. The van der Waals surface area contributed by atoms with Crippen molar-refractivity contribution in [3.8, 4) is 0 Å². The Balaban J connectivity index is 2.19. The van der Waals surface area contributed by atoms with Crippen LogP contribution in [0.3, 0.4) is 0 Å². The number of methoxy groups -OCH3 is 1. The number of nitrogens with zero attached hydrogens (tertiary/aromatic N) is 2. The number of carbonyl (C=O) groups excluding carboxylic acids is 2. The minimum absolute atomic E-state index is 0.0377. The van der Waals surface area contributed by atoms with Crippen molar-refractivity contribution < 1.29 is 42.2 Å². The Bertz CT molecular complexity index is 1070. The number of halogens is 1. The summed E-state index contributed by atoms with van der Waals surface area (Å²) in [5, 5.41) is 10.8. The van der Waals surface area contributed by atoms with Crippen LogP contribution in [0.25, 0.3) is 0 Å². The maximum absolute atomic E-state index is 14.9. The van der Waals surface area contributed by atoms with Gasteiger partial charge in [-0.15, -0.1) is 11.8 Å². The lowest BCUT2D eigenvalue weighted by molar-refractivity contribution is -0.153. The Labute approximate surface area is 218 Å². The number of rotatable bonds is 12. The number of nitrogens with two attached hydrogens (primary N) is 1. The maximum Gasteiger partial charge on any atom is 0.406 e. The summed E-state index contributed by atoms with van der Waals surface area (Å²) in [5.74, 6) is -1.41. The molecule has 16 heteroatoms. The van der Waals surface area contributed by atoms with Gasteiger partial charge in [0.1, 0.15) is 23.3 Å². The van der Waals surface area contributed by atoms with Crippen molar-refractivity contribution >= 4 is 37.3 Å². The van der Waals surface area contributed by atoms with Crippen LogP contribution >= 0.6 is 19.5 Å². The van der Waals surface area contributed by atoms with E-state index in [1.54, 1.807) is 13.8 Å². The molecule has 0 aliphatic carbocycles. The van der Waals surface area contributed by atoms with Gasteiger partial charge in [-0.05, 0) is 40.7 Å². The van der Waals surface area contributed by atoms with Gasteiger partial charge in [-0.3, -0.25) is 23.2 Å². The van der Waals surface area contributed by atoms with Crippen molar-refractivity contribution in [2.75, 3.05) is 26.1 Å². The van der Waals surface area contributed by atoms with Gasteiger partial charge in [0.15, 0.2) is 6.17 Å². The van der Waals surface area contributed by atoms with Crippen molar-refractivity contribution in [1.82, 2.24) is 14.6 Å². The second kappa shape index (κ2) is 12.7. The van der Waals surface area contributed by atoms with Crippen LogP contribution in [0.2, 0.25) is 0 Å². The molecule has 0 amide bonds. The van der Waals surface area contributed by atoms with Gasteiger partial charge in [-0.25, -0.2) is 18.8 Å². The van der Waals surface area contributed by atoms with Crippen LogP contribution in [-0.2, 0) is 32.7 Å². The molecule has 2 heterocycles. The molecular formula is C21H34FN4O9PS. The molecule has 1 aromatic rings. The van der Waals surface area contributed by atoms with E-state index in [9.17, 15) is 28.4 Å². The molecule has 1 aliphatic rings.